The van der Waals surface area contributed by atoms with E-state index in [4.69, 9.17) is 9.47 Å². The second kappa shape index (κ2) is 7.93. The summed E-state index contributed by atoms with van der Waals surface area (Å²) in [4.78, 5) is 22.1. The molecule has 0 aliphatic rings. The molecule has 0 bridgehead atoms. The van der Waals surface area contributed by atoms with Gasteiger partial charge >= 0.3 is 5.69 Å². The molecule has 25 heavy (non-hydrogen) atoms. The van der Waals surface area contributed by atoms with Gasteiger partial charge in [0.15, 0.2) is 11.5 Å². The first kappa shape index (κ1) is 18.7. The van der Waals surface area contributed by atoms with Gasteiger partial charge in [0.25, 0.3) is 0 Å². The Bertz CT molecular complexity index is 828. The normalized spacial score (nSPS) is 10.2. The van der Waals surface area contributed by atoms with E-state index in [1.807, 2.05) is 0 Å². The van der Waals surface area contributed by atoms with Crippen molar-refractivity contribution < 1.29 is 23.6 Å². The number of anilines is 1. The van der Waals surface area contributed by atoms with Gasteiger partial charge in [-0.05, 0) is 29.8 Å². The number of nitrogens with one attached hydrogen (secondary N) is 1. The van der Waals surface area contributed by atoms with Crippen LogP contribution in [0.2, 0.25) is 0 Å². The van der Waals surface area contributed by atoms with Crippen molar-refractivity contribution in [2.45, 2.75) is 6.42 Å². The molecule has 9 heteroatoms. The van der Waals surface area contributed by atoms with Crippen LogP contribution in [0.5, 0.6) is 11.5 Å². The molecular formula is C16H14BrFN2O5. The maximum atomic E-state index is 13.3. The van der Waals surface area contributed by atoms with Crippen LogP contribution in [0.15, 0.2) is 34.8 Å². The summed E-state index contributed by atoms with van der Waals surface area (Å²) in [5.74, 6) is -0.418. The summed E-state index contributed by atoms with van der Waals surface area (Å²) >= 11 is 3.35. The second-order valence-electron chi connectivity index (χ2n) is 4.95. The first-order chi connectivity index (χ1) is 11.8. The van der Waals surface area contributed by atoms with Crippen LogP contribution in [0.1, 0.15) is 5.56 Å². The summed E-state index contributed by atoms with van der Waals surface area (Å²) in [6.07, 6.45) is -0.0217. The Morgan fingerprint density at radius 3 is 2.48 bits per heavy atom. The molecule has 0 fully saturated rings. The number of carbonyl (C=O) groups excluding carboxylic acids is 1. The predicted octanol–water partition coefficient (Wildman–Crippen LogP) is 3.69. The molecule has 0 heterocycles. The zero-order valence-corrected chi connectivity index (χ0v) is 14.9. The average molecular weight is 413 g/mol. The smallest absolute Gasteiger partial charge is 0.306 e. The predicted molar refractivity (Wildman–Crippen MR) is 92.6 cm³/mol. The van der Waals surface area contributed by atoms with Crippen molar-refractivity contribution in [1.82, 2.24) is 0 Å². The Morgan fingerprint density at radius 1 is 1.24 bits per heavy atom. The minimum absolute atomic E-state index is 0.0217. The highest BCUT2D eigenvalue weighted by molar-refractivity contribution is 9.10. The summed E-state index contributed by atoms with van der Waals surface area (Å²) in [5.41, 5.74) is 0.0616. The molecule has 2 rings (SSSR count). The first-order valence-corrected chi connectivity index (χ1v) is 7.79. The fourth-order valence-electron chi connectivity index (χ4n) is 2.14. The van der Waals surface area contributed by atoms with Gasteiger partial charge in [-0.1, -0.05) is 15.9 Å². The van der Waals surface area contributed by atoms with Crippen molar-refractivity contribution in [3.63, 3.8) is 0 Å². The highest BCUT2D eigenvalue weighted by Gasteiger charge is 2.17. The topological polar surface area (TPSA) is 90.7 Å². The summed E-state index contributed by atoms with van der Waals surface area (Å²) in [5, 5.41) is 13.3. The molecule has 0 radical (unpaired) electrons. The van der Waals surface area contributed by atoms with Crippen LogP contribution in [0.3, 0.4) is 0 Å². The van der Waals surface area contributed by atoms with Gasteiger partial charge in [-0.2, -0.15) is 4.39 Å². The highest BCUT2D eigenvalue weighted by atomic mass is 79.9. The standard InChI is InChI=1S/C16H14BrFN2O5/c1-24-14-5-9(11(17)8-15(14)25-2)6-16(21)19-10-3-4-12(18)13(7-10)20(22)23/h3-5,7-8H,6H2,1-2H3,(H,19,21). The van der Waals surface area contributed by atoms with Gasteiger partial charge in [-0.15, -0.1) is 0 Å². The lowest BCUT2D eigenvalue weighted by atomic mass is 10.1. The highest BCUT2D eigenvalue weighted by Crippen LogP contribution is 2.33. The molecule has 0 aliphatic heterocycles. The fraction of sp³-hybridized carbons (Fsp3) is 0.188. The van der Waals surface area contributed by atoms with Crippen molar-refractivity contribution in [1.29, 1.82) is 0 Å². The number of nitro benzene ring substituents is 1. The maximum absolute atomic E-state index is 13.3. The van der Waals surface area contributed by atoms with Gasteiger partial charge in [0, 0.05) is 16.2 Å². The van der Waals surface area contributed by atoms with E-state index in [-0.39, 0.29) is 12.1 Å². The van der Waals surface area contributed by atoms with E-state index in [9.17, 15) is 19.3 Å². The van der Waals surface area contributed by atoms with E-state index in [1.165, 1.54) is 20.3 Å². The van der Waals surface area contributed by atoms with E-state index in [0.717, 1.165) is 12.1 Å². The SMILES string of the molecule is COc1cc(Br)c(CC(=O)Nc2ccc(F)c([N+](=O)[O-])c2)cc1OC. The molecule has 0 aliphatic carbocycles. The number of ether oxygens (including phenoxy) is 2. The second-order valence-corrected chi connectivity index (χ2v) is 5.80. The summed E-state index contributed by atoms with van der Waals surface area (Å²) in [6, 6.07) is 6.47. The first-order valence-electron chi connectivity index (χ1n) is 7.00. The molecule has 0 atom stereocenters. The number of rotatable bonds is 6. The van der Waals surface area contributed by atoms with Crippen molar-refractivity contribution in [3.05, 3.63) is 56.3 Å². The molecule has 2 aromatic carbocycles. The lowest BCUT2D eigenvalue weighted by molar-refractivity contribution is -0.387. The third-order valence-electron chi connectivity index (χ3n) is 3.33. The minimum Gasteiger partial charge on any atom is -0.493 e. The number of benzene rings is 2. The number of halogens is 2. The van der Waals surface area contributed by atoms with Crippen LogP contribution in [-0.2, 0) is 11.2 Å². The number of nitro groups is 1. The molecule has 132 valence electrons. The summed E-state index contributed by atoms with van der Waals surface area (Å²) in [7, 11) is 2.98. The van der Waals surface area contributed by atoms with Gasteiger partial charge in [-0.25, -0.2) is 0 Å². The molecule has 0 aromatic heterocycles. The molecule has 0 saturated heterocycles. The van der Waals surface area contributed by atoms with Crippen molar-refractivity contribution >= 4 is 33.2 Å². The summed E-state index contributed by atoms with van der Waals surface area (Å²) in [6.45, 7) is 0. The Morgan fingerprint density at radius 2 is 1.88 bits per heavy atom. The number of methoxy groups -OCH3 is 2. The van der Waals surface area contributed by atoms with Gasteiger partial charge < -0.3 is 14.8 Å². The third kappa shape index (κ3) is 4.44. The molecule has 0 spiro atoms. The number of nitrogens with zero attached hydrogens (tertiary/aromatic N) is 1. The van der Waals surface area contributed by atoms with Crippen LogP contribution in [-0.4, -0.2) is 25.1 Å². The average Bonchev–Trinajstić information content (AvgIpc) is 2.57. The Labute approximate surface area is 151 Å². The van der Waals surface area contributed by atoms with Crippen molar-refractivity contribution in [2.75, 3.05) is 19.5 Å². The Hall–Kier alpha value is -2.68. The largest absolute Gasteiger partial charge is 0.493 e. The molecule has 0 saturated carbocycles. The van der Waals surface area contributed by atoms with E-state index in [0.29, 0.717) is 21.5 Å². The third-order valence-corrected chi connectivity index (χ3v) is 4.07. The monoisotopic (exact) mass is 412 g/mol. The van der Waals surface area contributed by atoms with Crippen LogP contribution in [0, 0.1) is 15.9 Å². The maximum Gasteiger partial charge on any atom is 0.306 e. The number of carbonyl (C=O) groups is 1. The van der Waals surface area contributed by atoms with Crippen LogP contribution < -0.4 is 14.8 Å². The van der Waals surface area contributed by atoms with E-state index in [2.05, 4.69) is 21.2 Å². The molecule has 1 amide bonds. The van der Waals surface area contributed by atoms with Crippen LogP contribution >= 0.6 is 15.9 Å². The summed E-state index contributed by atoms with van der Waals surface area (Å²) < 4.78 is 24.3. The van der Waals surface area contributed by atoms with Crippen molar-refractivity contribution in [2.24, 2.45) is 0 Å². The van der Waals surface area contributed by atoms with E-state index < -0.39 is 22.3 Å². The molecule has 7 nitrogen and oxygen atoms in total. The number of hydrogen-bond acceptors (Lipinski definition) is 5. The van der Waals surface area contributed by atoms with Gasteiger partial charge in [0.2, 0.25) is 11.7 Å². The minimum atomic E-state index is -0.967. The van der Waals surface area contributed by atoms with Gasteiger partial charge in [-0.3, -0.25) is 14.9 Å². The Kier molecular flexibility index (Phi) is 5.92. The lowest BCUT2D eigenvalue weighted by Gasteiger charge is -2.12. The Balaban J connectivity index is 2.18. The zero-order valence-electron chi connectivity index (χ0n) is 13.3. The molecule has 1 N–H and O–H groups in total. The quantitative estimate of drug-likeness (QED) is 0.576. The molecule has 0 unspecified atom stereocenters. The van der Waals surface area contributed by atoms with Gasteiger partial charge in [0.1, 0.15) is 0 Å². The van der Waals surface area contributed by atoms with Gasteiger partial charge in [0.05, 0.1) is 25.6 Å². The lowest BCUT2D eigenvalue weighted by Crippen LogP contribution is -2.15. The van der Waals surface area contributed by atoms with E-state index in [1.54, 1.807) is 12.1 Å². The van der Waals surface area contributed by atoms with E-state index >= 15 is 0 Å². The van der Waals surface area contributed by atoms with Crippen molar-refractivity contribution in [3.8, 4) is 11.5 Å². The number of amides is 1. The van der Waals surface area contributed by atoms with Crippen LogP contribution in [0.4, 0.5) is 15.8 Å². The number of hydrogen-bond donors (Lipinski definition) is 1. The zero-order chi connectivity index (χ0) is 18.6. The fourth-order valence-corrected chi connectivity index (χ4v) is 2.60. The molecule has 2 aromatic rings. The molecular weight excluding hydrogens is 399 g/mol. The van der Waals surface area contributed by atoms with Crippen LogP contribution in [0.25, 0.3) is 0 Å².